The van der Waals surface area contributed by atoms with Gasteiger partial charge >= 0.3 is 6.18 Å². The first kappa shape index (κ1) is 12.4. The van der Waals surface area contributed by atoms with Crippen LogP contribution in [0.2, 0.25) is 5.02 Å². The van der Waals surface area contributed by atoms with Gasteiger partial charge in [-0.05, 0) is 24.1 Å². The Labute approximate surface area is 94.2 Å². The predicted molar refractivity (Wildman–Crippen MR) is 52.5 cm³/mol. The summed E-state index contributed by atoms with van der Waals surface area (Å²) in [4.78, 5) is 10.3. The molecule has 2 N–H and O–H groups in total. The van der Waals surface area contributed by atoms with Crippen molar-refractivity contribution in [3.8, 4) is 11.8 Å². The van der Waals surface area contributed by atoms with Gasteiger partial charge in [0, 0.05) is 10.6 Å². The van der Waals surface area contributed by atoms with E-state index in [9.17, 15) is 18.0 Å². The van der Waals surface area contributed by atoms with E-state index >= 15 is 0 Å². The van der Waals surface area contributed by atoms with Crippen LogP contribution >= 0.6 is 11.6 Å². The fourth-order valence-electron chi connectivity index (χ4n) is 0.959. The molecule has 0 bridgehead atoms. The van der Waals surface area contributed by atoms with Crippen LogP contribution in [0.25, 0.3) is 0 Å². The fraction of sp³-hybridized carbons (Fsp3) is 0.100. The van der Waals surface area contributed by atoms with Crippen molar-refractivity contribution < 1.29 is 18.0 Å². The molecule has 2 nitrogen and oxygen atoms in total. The summed E-state index contributed by atoms with van der Waals surface area (Å²) >= 11 is 5.49. The van der Waals surface area contributed by atoms with E-state index in [1.54, 1.807) is 0 Å². The molecule has 0 saturated carbocycles. The van der Waals surface area contributed by atoms with Crippen molar-refractivity contribution in [2.24, 2.45) is 5.73 Å². The molecule has 0 unspecified atom stereocenters. The zero-order chi connectivity index (χ0) is 12.3. The first-order valence-electron chi connectivity index (χ1n) is 3.98. The van der Waals surface area contributed by atoms with E-state index < -0.39 is 17.6 Å². The molecule has 0 fully saturated rings. The third-order valence-corrected chi connectivity index (χ3v) is 1.77. The molecule has 0 heterocycles. The van der Waals surface area contributed by atoms with Gasteiger partial charge in [-0.3, -0.25) is 4.79 Å². The van der Waals surface area contributed by atoms with Crippen LogP contribution in [0.5, 0.6) is 0 Å². The third-order valence-electron chi connectivity index (χ3n) is 1.56. The number of amides is 1. The van der Waals surface area contributed by atoms with E-state index in [1.807, 2.05) is 5.92 Å². The lowest BCUT2D eigenvalue weighted by molar-refractivity contribution is -0.137. The Balaban J connectivity index is 3.20. The summed E-state index contributed by atoms with van der Waals surface area (Å²) in [5, 5.41) is -0.108. The topological polar surface area (TPSA) is 43.1 Å². The van der Waals surface area contributed by atoms with Crippen molar-refractivity contribution in [2.45, 2.75) is 6.18 Å². The Hall–Kier alpha value is -1.67. The summed E-state index contributed by atoms with van der Waals surface area (Å²) in [5.41, 5.74) is 3.80. The molecular weight excluding hydrogens is 243 g/mol. The molecule has 0 atom stereocenters. The molecule has 16 heavy (non-hydrogen) atoms. The lowest BCUT2D eigenvalue weighted by atomic mass is 10.1. The number of nitrogens with two attached hydrogens (primary N) is 1. The third kappa shape index (κ3) is 3.48. The standard InChI is InChI=1S/C10H5ClF3NO/c11-8-4-6(1-2-9(15)16)3-7(5-8)10(12,13)14/h3-5H,(H2,15,16). The maximum absolute atomic E-state index is 12.3. The highest BCUT2D eigenvalue weighted by atomic mass is 35.5. The quantitative estimate of drug-likeness (QED) is 0.702. The normalized spacial score (nSPS) is 10.5. The van der Waals surface area contributed by atoms with E-state index in [2.05, 4.69) is 5.92 Å². The van der Waals surface area contributed by atoms with Gasteiger partial charge in [-0.1, -0.05) is 17.5 Å². The number of primary amides is 1. The fourth-order valence-corrected chi connectivity index (χ4v) is 1.19. The maximum atomic E-state index is 12.3. The van der Waals surface area contributed by atoms with E-state index in [0.29, 0.717) is 0 Å². The molecule has 1 aromatic rings. The van der Waals surface area contributed by atoms with Crippen molar-refractivity contribution in [3.05, 3.63) is 34.3 Å². The molecule has 1 rings (SSSR count). The van der Waals surface area contributed by atoms with E-state index in [0.717, 1.165) is 12.1 Å². The molecule has 0 aliphatic rings. The van der Waals surface area contributed by atoms with Gasteiger partial charge in [0.25, 0.3) is 5.91 Å². The Morgan fingerprint density at radius 1 is 1.31 bits per heavy atom. The van der Waals surface area contributed by atoms with Crippen LogP contribution in [0.1, 0.15) is 11.1 Å². The van der Waals surface area contributed by atoms with Crippen LogP contribution < -0.4 is 5.73 Å². The van der Waals surface area contributed by atoms with Gasteiger partial charge in [-0.15, -0.1) is 0 Å². The SMILES string of the molecule is NC(=O)C#Cc1cc(Cl)cc(C(F)(F)F)c1. The van der Waals surface area contributed by atoms with Crippen LogP contribution in [0, 0.1) is 11.8 Å². The van der Waals surface area contributed by atoms with Gasteiger partial charge in [0.2, 0.25) is 0 Å². The molecule has 0 aliphatic carbocycles. The first-order chi connectivity index (χ1) is 7.29. The number of rotatable bonds is 0. The lowest BCUT2D eigenvalue weighted by Gasteiger charge is -2.07. The largest absolute Gasteiger partial charge is 0.416 e. The molecule has 6 heteroatoms. The Kier molecular flexibility index (Phi) is 3.45. The number of halogens is 4. The number of hydrogen-bond donors (Lipinski definition) is 1. The van der Waals surface area contributed by atoms with Crippen LogP contribution in [0.4, 0.5) is 13.2 Å². The minimum absolute atomic E-state index is 0.0152. The molecule has 1 aromatic carbocycles. The number of alkyl halides is 3. The second kappa shape index (κ2) is 4.45. The van der Waals surface area contributed by atoms with E-state index in [-0.39, 0.29) is 10.6 Å². The molecule has 0 aliphatic heterocycles. The van der Waals surface area contributed by atoms with Crippen molar-refractivity contribution >= 4 is 17.5 Å². The maximum Gasteiger partial charge on any atom is 0.416 e. The highest BCUT2D eigenvalue weighted by Crippen LogP contribution is 2.31. The van der Waals surface area contributed by atoms with Crippen LogP contribution in [-0.4, -0.2) is 5.91 Å². The van der Waals surface area contributed by atoms with Crippen LogP contribution in [-0.2, 0) is 11.0 Å². The Bertz CT molecular complexity index is 485. The molecule has 0 spiro atoms. The minimum atomic E-state index is -4.51. The second-order valence-electron chi connectivity index (χ2n) is 2.84. The zero-order valence-corrected chi connectivity index (χ0v) is 8.49. The zero-order valence-electron chi connectivity index (χ0n) is 7.73. The summed E-state index contributed by atoms with van der Waals surface area (Å²) < 4.78 is 37.0. The van der Waals surface area contributed by atoms with Gasteiger partial charge in [0.15, 0.2) is 0 Å². The van der Waals surface area contributed by atoms with Crippen molar-refractivity contribution in [1.82, 2.24) is 0 Å². The average Bonchev–Trinajstić information content (AvgIpc) is 2.12. The van der Waals surface area contributed by atoms with Crippen LogP contribution in [0.3, 0.4) is 0 Å². The predicted octanol–water partition coefficient (Wildman–Crippen LogP) is 2.20. The molecule has 0 aromatic heterocycles. The van der Waals surface area contributed by atoms with Gasteiger partial charge in [0.05, 0.1) is 5.56 Å². The number of hydrogen-bond acceptors (Lipinski definition) is 1. The summed E-state index contributed by atoms with van der Waals surface area (Å²) in [5.74, 6) is 3.20. The average molecular weight is 248 g/mol. The Morgan fingerprint density at radius 3 is 2.44 bits per heavy atom. The number of carbonyl (C=O) groups is 1. The van der Waals surface area contributed by atoms with Crippen LogP contribution in [0.15, 0.2) is 18.2 Å². The highest BCUT2D eigenvalue weighted by Gasteiger charge is 2.30. The summed E-state index contributed by atoms with van der Waals surface area (Å²) in [6, 6.07) is 2.78. The van der Waals surface area contributed by atoms with Crippen molar-refractivity contribution in [1.29, 1.82) is 0 Å². The van der Waals surface area contributed by atoms with Crippen molar-refractivity contribution in [2.75, 3.05) is 0 Å². The highest BCUT2D eigenvalue weighted by molar-refractivity contribution is 6.30. The first-order valence-corrected chi connectivity index (χ1v) is 4.36. The summed E-state index contributed by atoms with van der Waals surface area (Å²) in [6.45, 7) is 0. The van der Waals surface area contributed by atoms with Gasteiger partial charge in [-0.25, -0.2) is 0 Å². The van der Waals surface area contributed by atoms with Gasteiger partial charge < -0.3 is 5.73 Å². The van der Waals surface area contributed by atoms with Gasteiger partial charge in [0.1, 0.15) is 0 Å². The van der Waals surface area contributed by atoms with E-state index in [4.69, 9.17) is 17.3 Å². The van der Waals surface area contributed by atoms with E-state index in [1.165, 1.54) is 6.07 Å². The molecular formula is C10H5ClF3NO. The molecule has 0 saturated heterocycles. The Morgan fingerprint density at radius 2 is 1.94 bits per heavy atom. The molecule has 0 radical (unpaired) electrons. The van der Waals surface area contributed by atoms with Crippen molar-refractivity contribution in [3.63, 3.8) is 0 Å². The number of carbonyl (C=O) groups excluding carboxylic acids is 1. The smallest absolute Gasteiger partial charge is 0.359 e. The second-order valence-corrected chi connectivity index (χ2v) is 3.28. The van der Waals surface area contributed by atoms with Gasteiger partial charge in [-0.2, -0.15) is 13.2 Å². The lowest BCUT2D eigenvalue weighted by Crippen LogP contribution is -2.07. The summed E-state index contributed by atoms with van der Waals surface area (Å²) in [7, 11) is 0. The molecule has 84 valence electrons. The number of benzene rings is 1. The summed E-state index contributed by atoms with van der Waals surface area (Å²) in [6.07, 6.45) is -4.51. The molecule has 1 amide bonds. The minimum Gasteiger partial charge on any atom is -0.359 e. The monoisotopic (exact) mass is 247 g/mol.